The molecule has 5 nitrogen and oxygen atoms in total. The number of para-hydroxylation sites is 1. The molecule has 0 aromatic heterocycles. The summed E-state index contributed by atoms with van der Waals surface area (Å²) in [6.07, 6.45) is 1.86. The lowest BCUT2D eigenvalue weighted by Gasteiger charge is -2.36. The fourth-order valence-corrected chi connectivity index (χ4v) is 4.49. The smallest absolute Gasteiger partial charge is 0.282 e. The van der Waals surface area contributed by atoms with Crippen LogP contribution in [0.25, 0.3) is 5.57 Å². The fraction of sp³-hybridized carbons (Fsp3) is 0.304. The molecule has 1 fully saturated rings. The zero-order valence-corrected chi connectivity index (χ0v) is 18.5. The van der Waals surface area contributed by atoms with E-state index in [0.717, 1.165) is 25.9 Å². The zero-order valence-electron chi connectivity index (χ0n) is 16.9. The number of carbonyl (C=O) groups is 2. The molecule has 0 radical (unpaired) electrons. The Kier molecular flexibility index (Phi) is 5.87. The SMILES string of the molecule is CN1CCC(N(C)C2=C(c3ccc(Cl)cc3)C(=O)N(c3ccccc3Cl)C2=O)CC1. The minimum atomic E-state index is -0.370. The number of halogens is 2. The third-order valence-electron chi connectivity index (χ3n) is 5.87. The Morgan fingerprint density at radius 1 is 0.933 bits per heavy atom. The van der Waals surface area contributed by atoms with Gasteiger partial charge in [0.1, 0.15) is 5.70 Å². The van der Waals surface area contributed by atoms with Gasteiger partial charge in [0.25, 0.3) is 11.8 Å². The van der Waals surface area contributed by atoms with Gasteiger partial charge in [-0.25, -0.2) is 4.90 Å². The van der Waals surface area contributed by atoms with Crippen LogP contribution in [0.2, 0.25) is 10.0 Å². The molecule has 0 aliphatic carbocycles. The maximum Gasteiger partial charge on any atom is 0.282 e. The molecule has 0 spiro atoms. The van der Waals surface area contributed by atoms with E-state index in [1.54, 1.807) is 48.5 Å². The van der Waals surface area contributed by atoms with Crippen LogP contribution >= 0.6 is 23.2 Å². The van der Waals surface area contributed by atoms with Crippen molar-refractivity contribution < 1.29 is 9.59 Å². The van der Waals surface area contributed by atoms with E-state index in [1.807, 2.05) is 11.9 Å². The van der Waals surface area contributed by atoms with E-state index in [-0.39, 0.29) is 17.9 Å². The molecule has 2 heterocycles. The van der Waals surface area contributed by atoms with Crippen LogP contribution < -0.4 is 4.90 Å². The maximum atomic E-state index is 13.6. The molecular weight excluding hydrogens is 421 g/mol. The summed E-state index contributed by atoms with van der Waals surface area (Å²) in [5.41, 5.74) is 1.87. The van der Waals surface area contributed by atoms with Gasteiger partial charge in [0.2, 0.25) is 0 Å². The lowest BCUT2D eigenvalue weighted by molar-refractivity contribution is -0.120. The fourth-order valence-electron chi connectivity index (χ4n) is 4.14. The van der Waals surface area contributed by atoms with Gasteiger partial charge in [0, 0.05) is 18.1 Å². The number of likely N-dealkylation sites (N-methyl/N-ethyl adjacent to an activating group) is 1. The Labute approximate surface area is 186 Å². The molecule has 2 amide bonds. The van der Waals surface area contributed by atoms with Gasteiger partial charge in [-0.3, -0.25) is 9.59 Å². The number of hydrogen-bond acceptors (Lipinski definition) is 4. The van der Waals surface area contributed by atoms with Crippen molar-refractivity contribution >= 4 is 46.3 Å². The lowest BCUT2D eigenvalue weighted by Crippen LogP contribution is -2.43. The first-order valence-corrected chi connectivity index (χ1v) is 10.7. The van der Waals surface area contributed by atoms with E-state index in [1.165, 1.54) is 4.90 Å². The summed E-state index contributed by atoms with van der Waals surface area (Å²) in [6.45, 7) is 1.91. The molecule has 0 atom stereocenters. The summed E-state index contributed by atoms with van der Waals surface area (Å²) in [5, 5.41) is 0.933. The Morgan fingerprint density at radius 3 is 2.20 bits per heavy atom. The van der Waals surface area contributed by atoms with Crippen LogP contribution in [0, 0.1) is 0 Å². The van der Waals surface area contributed by atoms with Crippen LogP contribution in [0.5, 0.6) is 0 Å². The van der Waals surface area contributed by atoms with Gasteiger partial charge >= 0.3 is 0 Å². The van der Waals surface area contributed by atoms with Crippen molar-refractivity contribution in [3.05, 3.63) is 69.8 Å². The summed E-state index contributed by atoms with van der Waals surface area (Å²) < 4.78 is 0. The quantitative estimate of drug-likeness (QED) is 0.660. The number of piperidine rings is 1. The number of rotatable bonds is 4. The van der Waals surface area contributed by atoms with Crippen molar-refractivity contribution in [3.63, 3.8) is 0 Å². The van der Waals surface area contributed by atoms with Crippen LogP contribution in [0.1, 0.15) is 18.4 Å². The van der Waals surface area contributed by atoms with Gasteiger partial charge in [-0.15, -0.1) is 0 Å². The minimum Gasteiger partial charge on any atom is -0.366 e. The van der Waals surface area contributed by atoms with Crippen LogP contribution in [-0.4, -0.2) is 54.8 Å². The summed E-state index contributed by atoms with van der Waals surface area (Å²) in [6, 6.07) is 14.1. The molecule has 0 N–H and O–H groups in total. The second kappa shape index (κ2) is 8.42. The first-order chi connectivity index (χ1) is 14.4. The Hall–Kier alpha value is -2.34. The molecule has 1 saturated heterocycles. The normalized spacial score (nSPS) is 18.5. The Morgan fingerprint density at radius 2 is 1.57 bits per heavy atom. The molecule has 2 aromatic rings. The van der Waals surface area contributed by atoms with Crippen LogP contribution in [0.15, 0.2) is 54.2 Å². The first-order valence-electron chi connectivity index (χ1n) is 9.93. The second-order valence-electron chi connectivity index (χ2n) is 7.77. The number of imide groups is 1. The second-order valence-corrected chi connectivity index (χ2v) is 8.62. The van der Waals surface area contributed by atoms with Gasteiger partial charge in [0.05, 0.1) is 16.3 Å². The molecule has 0 unspecified atom stereocenters. The average Bonchev–Trinajstić information content (AvgIpc) is 2.99. The van der Waals surface area contributed by atoms with Gasteiger partial charge in [-0.05, 0) is 62.8 Å². The number of nitrogens with zero attached hydrogens (tertiary/aromatic N) is 3. The number of likely N-dealkylation sites (tertiary alicyclic amines) is 1. The summed E-state index contributed by atoms with van der Waals surface area (Å²) in [5.74, 6) is -0.718. The van der Waals surface area contributed by atoms with Crippen LogP contribution in [0.3, 0.4) is 0 Å². The minimum absolute atomic E-state index is 0.182. The zero-order chi connectivity index (χ0) is 21.4. The first kappa shape index (κ1) is 20.9. The molecule has 156 valence electrons. The lowest BCUT2D eigenvalue weighted by atomic mass is 10.0. The van der Waals surface area contributed by atoms with Crippen molar-refractivity contribution in [2.75, 3.05) is 32.1 Å². The number of carbonyl (C=O) groups excluding carboxylic acids is 2. The van der Waals surface area contributed by atoms with Crippen molar-refractivity contribution in [1.82, 2.24) is 9.80 Å². The highest BCUT2D eigenvalue weighted by atomic mass is 35.5. The number of hydrogen-bond donors (Lipinski definition) is 0. The highest BCUT2D eigenvalue weighted by molar-refractivity contribution is 6.47. The topological polar surface area (TPSA) is 43.9 Å². The van der Waals surface area contributed by atoms with Gasteiger partial charge in [-0.1, -0.05) is 47.5 Å². The molecule has 4 rings (SSSR count). The standard InChI is InChI=1S/C23H23Cl2N3O2/c1-26-13-11-17(12-14-26)27(2)21-20(15-7-9-16(24)10-8-15)22(29)28(23(21)30)19-6-4-3-5-18(19)25/h3-10,17H,11-14H2,1-2H3. The van der Waals surface area contributed by atoms with Crippen molar-refractivity contribution in [3.8, 4) is 0 Å². The molecule has 2 aliphatic heterocycles. The third kappa shape index (κ3) is 3.73. The predicted molar refractivity (Wildman–Crippen MR) is 121 cm³/mol. The van der Waals surface area contributed by atoms with Gasteiger partial charge in [0.15, 0.2) is 0 Å². The summed E-state index contributed by atoms with van der Waals surface area (Å²) >= 11 is 12.4. The van der Waals surface area contributed by atoms with E-state index < -0.39 is 0 Å². The average molecular weight is 444 g/mol. The van der Waals surface area contributed by atoms with E-state index in [4.69, 9.17) is 23.2 Å². The summed E-state index contributed by atoms with van der Waals surface area (Å²) in [4.78, 5) is 32.5. The van der Waals surface area contributed by atoms with Crippen LogP contribution in [-0.2, 0) is 9.59 Å². The largest absolute Gasteiger partial charge is 0.366 e. The molecule has 0 saturated carbocycles. The number of amides is 2. The highest BCUT2D eigenvalue weighted by Crippen LogP contribution is 2.38. The van der Waals surface area contributed by atoms with Gasteiger partial charge < -0.3 is 9.80 Å². The molecule has 30 heavy (non-hydrogen) atoms. The molecule has 0 bridgehead atoms. The van der Waals surface area contributed by atoms with E-state index in [2.05, 4.69) is 11.9 Å². The van der Waals surface area contributed by atoms with E-state index in [0.29, 0.717) is 32.6 Å². The van der Waals surface area contributed by atoms with Crippen molar-refractivity contribution in [2.24, 2.45) is 0 Å². The number of anilines is 1. The van der Waals surface area contributed by atoms with Crippen molar-refractivity contribution in [2.45, 2.75) is 18.9 Å². The Bertz CT molecular complexity index is 1010. The third-order valence-corrected chi connectivity index (χ3v) is 6.45. The molecule has 2 aliphatic rings. The summed E-state index contributed by atoms with van der Waals surface area (Å²) in [7, 11) is 4.00. The number of benzene rings is 2. The van der Waals surface area contributed by atoms with E-state index >= 15 is 0 Å². The maximum absolute atomic E-state index is 13.6. The monoisotopic (exact) mass is 443 g/mol. The van der Waals surface area contributed by atoms with Crippen LogP contribution in [0.4, 0.5) is 5.69 Å². The van der Waals surface area contributed by atoms with E-state index in [9.17, 15) is 9.59 Å². The van der Waals surface area contributed by atoms with Crippen molar-refractivity contribution in [1.29, 1.82) is 0 Å². The molecule has 2 aromatic carbocycles. The molecular formula is C23H23Cl2N3O2. The Balaban J connectivity index is 1.80. The molecule has 7 heteroatoms. The van der Waals surface area contributed by atoms with Gasteiger partial charge in [-0.2, -0.15) is 0 Å². The highest BCUT2D eigenvalue weighted by Gasteiger charge is 2.43. The predicted octanol–water partition coefficient (Wildman–Crippen LogP) is 4.30.